The van der Waals surface area contributed by atoms with Crippen LogP contribution in [0.25, 0.3) is 56.2 Å². The number of hydroxylamine groups is 1. The molecular weight excluding hydrogens is 1080 g/mol. The van der Waals surface area contributed by atoms with Crippen LogP contribution >= 0.6 is 34.2 Å². The van der Waals surface area contributed by atoms with Gasteiger partial charge in [0.2, 0.25) is 0 Å². The van der Waals surface area contributed by atoms with Crippen molar-refractivity contribution in [3.05, 3.63) is 194 Å². The SMILES string of the molecule is COc1cccc(-c2cc(=O)c3ccccc3o2)c1N.CS(=O)c1ccc(-c2nc(-c3ccc(F)cc3)c(-c3ccncc3)[nH]2)cc1.O=C(NOCC1CC1)c1ccc(F)c(F)c1Nc1ccc(I)cc1Cl. The lowest BCUT2D eigenvalue weighted by Crippen LogP contribution is -2.26. The number of para-hydroxylation sites is 2. The summed E-state index contributed by atoms with van der Waals surface area (Å²) in [5.41, 5.74) is 14.0. The van der Waals surface area contributed by atoms with E-state index >= 15 is 0 Å². The summed E-state index contributed by atoms with van der Waals surface area (Å²) in [6.45, 7) is 0.404. The molecule has 1 aliphatic rings. The van der Waals surface area contributed by atoms with Gasteiger partial charge in [0.15, 0.2) is 17.1 Å². The fourth-order valence-electron chi connectivity index (χ4n) is 7.18. The number of nitrogen functional groups attached to an aromatic ring is 1. The first kappa shape index (κ1) is 51.0. The van der Waals surface area contributed by atoms with Crippen LogP contribution < -0.4 is 26.7 Å². The summed E-state index contributed by atoms with van der Waals surface area (Å²) < 4.78 is 64.7. The number of imidazole rings is 1. The molecule has 3 heterocycles. The van der Waals surface area contributed by atoms with Crippen molar-refractivity contribution in [2.24, 2.45) is 5.92 Å². The second-order valence-electron chi connectivity index (χ2n) is 16.1. The average molecular weight is 1120 g/mol. The number of aromatic nitrogens is 3. The Morgan fingerprint density at radius 2 is 1.61 bits per heavy atom. The minimum Gasteiger partial charge on any atom is -0.495 e. The number of nitrogens with one attached hydrogen (secondary N) is 3. The second-order valence-corrected chi connectivity index (χ2v) is 19.2. The van der Waals surface area contributed by atoms with Crippen molar-refractivity contribution >= 4 is 78.9 Å². The maximum absolute atomic E-state index is 14.3. The highest BCUT2D eigenvalue weighted by atomic mass is 127. The lowest BCUT2D eigenvalue weighted by atomic mass is 10.1. The number of hydrogen-bond acceptors (Lipinski definition) is 10. The van der Waals surface area contributed by atoms with Gasteiger partial charge < -0.3 is 25.2 Å². The first-order valence-electron chi connectivity index (χ1n) is 22.1. The molecule has 3 aromatic heterocycles. The molecule has 72 heavy (non-hydrogen) atoms. The summed E-state index contributed by atoms with van der Waals surface area (Å²) in [6, 6.07) is 38.6. The topological polar surface area (TPSA) is 174 Å². The smallest absolute Gasteiger partial charge is 0.277 e. The van der Waals surface area contributed by atoms with Gasteiger partial charge in [0.25, 0.3) is 5.91 Å². The summed E-state index contributed by atoms with van der Waals surface area (Å²) >= 11 is 8.20. The van der Waals surface area contributed by atoms with Gasteiger partial charge in [-0.05, 0) is 144 Å². The van der Waals surface area contributed by atoms with Crippen LogP contribution in [0.1, 0.15) is 23.2 Å². The molecule has 0 spiro atoms. The third-order valence-corrected chi connectivity index (χ3v) is 13.1. The third kappa shape index (κ3) is 12.4. The number of methoxy groups -OCH3 is 1. The van der Waals surface area contributed by atoms with Gasteiger partial charge in [-0.1, -0.05) is 41.9 Å². The minimum atomic E-state index is -1.16. The lowest BCUT2D eigenvalue weighted by Gasteiger charge is -2.15. The van der Waals surface area contributed by atoms with Gasteiger partial charge in [-0.2, -0.15) is 0 Å². The Bertz CT molecular complexity index is 3470. The van der Waals surface area contributed by atoms with E-state index in [1.807, 2.05) is 42.5 Å². The molecule has 1 saturated carbocycles. The maximum Gasteiger partial charge on any atom is 0.277 e. The fourth-order valence-corrected chi connectivity index (χ4v) is 8.61. The van der Waals surface area contributed by atoms with Crippen LogP contribution in [0.15, 0.2) is 166 Å². The number of amides is 1. The Balaban J connectivity index is 0.000000146. The number of carbonyl (C=O) groups excluding carboxylic acids is 1. The van der Waals surface area contributed by atoms with Crippen LogP contribution in [0.3, 0.4) is 0 Å². The van der Waals surface area contributed by atoms with Crippen LogP contribution in [0.2, 0.25) is 5.02 Å². The van der Waals surface area contributed by atoms with Crippen molar-refractivity contribution in [2.45, 2.75) is 17.7 Å². The lowest BCUT2D eigenvalue weighted by molar-refractivity contribution is 0.0270. The Kier molecular flexibility index (Phi) is 16.5. The van der Waals surface area contributed by atoms with Gasteiger partial charge >= 0.3 is 0 Å². The molecule has 0 aliphatic heterocycles. The molecule has 6 aromatic carbocycles. The Morgan fingerprint density at radius 1 is 0.889 bits per heavy atom. The molecule has 1 atom stereocenters. The highest BCUT2D eigenvalue weighted by Crippen LogP contribution is 2.36. The normalized spacial score (nSPS) is 12.2. The Hall–Kier alpha value is -7.32. The largest absolute Gasteiger partial charge is 0.495 e. The number of fused-ring (bicyclic) bond motifs is 1. The molecule has 10 rings (SSSR count). The molecule has 366 valence electrons. The molecule has 0 bridgehead atoms. The van der Waals surface area contributed by atoms with Crippen molar-refractivity contribution in [2.75, 3.05) is 31.0 Å². The molecule has 1 aliphatic carbocycles. The summed E-state index contributed by atoms with van der Waals surface area (Å²) in [5, 5.41) is 3.58. The standard InChI is InChI=1S/C21H16FN3OS.C17H14ClF2IN2O2.C16H13NO3/c1-27(26)18-8-4-16(5-9-18)21-24-19(14-2-6-17(22)7-3-14)20(25-21)15-10-12-23-13-11-15;18-12-7-10(21)3-6-14(12)22-16-11(4-5-13(19)15(16)20)17(24)23-25-8-9-1-2-9;1-19-14-8-4-6-11(16(14)17)15-9-12(18)10-5-2-3-7-13(10)20-15/h2-13H,1H3,(H,24,25);3-7,9,22H,1-2,8H2,(H,23,24);2-9H,17H2,1H3. The Labute approximate surface area is 432 Å². The molecule has 1 unspecified atom stereocenters. The van der Waals surface area contributed by atoms with E-state index in [9.17, 15) is 27.0 Å². The van der Waals surface area contributed by atoms with Gasteiger partial charge in [-0.15, -0.1) is 0 Å². The molecule has 0 radical (unpaired) electrons. The molecule has 9 aromatic rings. The van der Waals surface area contributed by atoms with Crippen LogP contribution in [0, 0.1) is 26.9 Å². The first-order chi connectivity index (χ1) is 34.8. The molecule has 18 heteroatoms. The molecule has 1 fully saturated rings. The van der Waals surface area contributed by atoms with Gasteiger partial charge in [0, 0.05) is 66.2 Å². The van der Waals surface area contributed by atoms with Crippen LogP contribution in [0.5, 0.6) is 5.75 Å². The monoisotopic (exact) mass is 1120 g/mol. The number of aromatic amines is 1. The summed E-state index contributed by atoms with van der Waals surface area (Å²) in [4.78, 5) is 42.4. The zero-order valence-electron chi connectivity index (χ0n) is 38.4. The number of ether oxygens (including phenoxy) is 1. The zero-order chi connectivity index (χ0) is 50.9. The number of pyridine rings is 1. The minimum absolute atomic E-state index is 0.0793. The van der Waals surface area contributed by atoms with Crippen molar-refractivity contribution in [3.8, 4) is 51.0 Å². The number of nitrogens with two attached hydrogens (primary N) is 1. The highest BCUT2D eigenvalue weighted by molar-refractivity contribution is 14.1. The number of nitrogens with zero attached hydrogens (tertiary/aromatic N) is 2. The van der Waals surface area contributed by atoms with Gasteiger partial charge in [-0.3, -0.25) is 23.6 Å². The number of hydrogen-bond donors (Lipinski definition) is 4. The van der Waals surface area contributed by atoms with E-state index in [-0.39, 0.29) is 22.5 Å². The quantitative estimate of drug-likeness (QED) is 0.0524. The van der Waals surface area contributed by atoms with Crippen molar-refractivity contribution in [1.82, 2.24) is 20.4 Å². The molecular formula is C54H43ClF3IN6O6S. The van der Waals surface area contributed by atoms with Gasteiger partial charge in [-0.25, -0.2) is 23.6 Å². The Morgan fingerprint density at radius 3 is 2.31 bits per heavy atom. The third-order valence-electron chi connectivity index (χ3n) is 11.1. The van der Waals surface area contributed by atoms with E-state index < -0.39 is 28.3 Å². The van der Waals surface area contributed by atoms with Crippen molar-refractivity contribution < 1.29 is 36.2 Å². The molecule has 12 nitrogen and oxygen atoms in total. The van der Waals surface area contributed by atoms with E-state index in [4.69, 9.17) is 36.3 Å². The maximum atomic E-state index is 14.3. The van der Waals surface area contributed by atoms with Crippen molar-refractivity contribution in [1.29, 1.82) is 0 Å². The number of benzene rings is 6. The van der Waals surface area contributed by atoms with Crippen LogP contribution in [-0.4, -0.2) is 45.0 Å². The molecule has 5 N–H and O–H groups in total. The van der Waals surface area contributed by atoms with E-state index in [1.165, 1.54) is 24.3 Å². The average Bonchev–Trinajstić information content (AvgIpc) is 4.11. The van der Waals surface area contributed by atoms with E-state index in [2.05, 4.69) is 43.4 Å². The predicted molar refractivity (Wildman–Crippen MR) is 284 cm³/mol. The van der Waals surface area contributed by atoms with Crippen molar-refractivity contribution in [3.63, 3.8) is 0 Å². The number of rotatable bonds is 12. The van der Waals surface area contributed by atoms with E-state index in [0.29, 0.717) is 62.8 Å². The number of anilines is 3. The summed E-state index contributed by atoms with van der Waals surface area (Å²) in [6.07, 6.45) is 7.22. The number of carbonyl (C=O) groups is 1. The predicted octanol–water partition coefficient (Wildman–Crippen LogP) is 12.8. The summed E-state index contributed by atoms with van der Waals surface area (Å²) in [5.74, 6) is -1.05. The second kappa shape index (κ2) is 23.3. The first-order valence-corrected chi connectivity index (χ1v) is 25.1. The number of halogens is 5. The van der Waals surface area contributed by atoms with Gasteiger partial charge in [0.05, 0.1) is 58.1 Å². The van der Waals surface area contributed by atoms with Crippen LogP contribution in [-0.2, 0) is 15.6 Å². The highest BCUT2D eigenvalue weighted by Gasteiger charge is 2.24. The zero-order valence-corrected chi connectivity index (χ0v) is 42.1. The molecule has 0 saturated heterocycles. The van der Waals surface area contributed by atoms with E-state index in [0.717, 1.165) is 55.5 Å². The summed E-state index contributed by atoms with van der Waals surface area (Å²) in [7, 11) is 0.520. The number of H-pyrrole nitrogens is 1. The van der Waals surface area contributed by atoms with Gasteiger partial charge in [0.1, 0.15) is 28.7 Å². The van der Waals surface area contributed by atoms with Crippen LogP contribution in [0.4, 0.5) is 30.2 Å². The molecule has 1 amide bonds. The fraction of sp³-hybridized carbons (Fsp3) is 0.111. The van der Waals surface area contributed by atoms with E-state index in [1.54, 1.807) is 92.5 Å².